The average Bonchev–Trinajstić information content (AvgIpc) is 2.71. The Labute approximate surface area is 97.8 Å². The van der Waals surface area contributed by atoms with E-state index in [2.05, 4.69) is 36.6 Å². The van der Waals surface area contributed by atoms with Crippen molar-refractivity contribution in [3.05, 3.63) is 0 Å². The highest BCUT2D eigenvalue weighted by molar-refractivity contribution is 9.12. The second kappa shape index (κ2) is 2.82. The fourth-order valence-corrected chi connectivity index (χ4v) is 5.02. The number of hydrogen-bond acceptors (Lipinski definition) is 3. The van der Waals surface area contributed by atoms with Crippen LogP contribution in [-0.2, 0) is 14.3 Å². The van der Waals surface area contributed by atoms with Crippen molar-refractivity contribution < 1.29 is 14.3 Å². The summed E-state index contributed by atoms with van der Waals surface area (Å²) in [5.41, 5.74) is 0. The van der Waals surface area contributed by atoms with Crippen LogP contribution in [0.3, 0.4) is 0 Å². The van der Waals surface area contributed by atoms with Crippen LogP contribution in [0.2, 0.25) is 0 Å². The van der Waals surface area contributed by atoms with Crippen molar-refractivity contribution in [1.82, 2.24) is 0 Å². The van der Waals surface area contributed by atoms with E-state index in [9.17, 15) is 9.59 Å². The highest BCUT2D eigenvalue weighted by Crippen LogP contribution is 2.59. The molecule has 1 saturated heterocycles. The first-order valence-electron chi connectivity index (χ1n) is 4.65. The van der Waals surface area contributed by atoms with Crippen LogP contribution < -0.4 is 0 Å². The van der Waals surface area contributed by atoms with Gasteiger partial charge in [-0.05, 0) is 18.3 Å². The summed E-state index contributed by atoms with van der Waals surface area (Å²) >= 11 is 7.16. The van der Waals surface area contributed by atoms with Gasteiger partial charge in [0.05, 0.1) is 11.8 Å². The van der Waals surface area contributed by atoms with Gasteiger partial charge >= 0.3 is 11.9 Å². The van der Waals surface area contributed by atoms with Gasteiger partial charge in [-0.3, -0.25) is 9.59 Å². The third-order valence-electron chi connectivity index (χ3n) is 3.72. The summed E-state index contributed by atoms with van der Waals surface area (Å²) in [6.45, 7) is 0. The monoisotopic (exact) mass is 322 g/mol. The number of alkyl halides is 2. The van der Waals surface area contributed by atoms with Gasteiger partial charge in [0.15, 0.2) is 0 Å². The maximum atomic E-state index is 11.4. The Balaban J connectivity index is 2.01. The quantitative estimate of drug-likeness (QED) is 0.385. The average molecular weight is 324 g/mol. The summed E-state index contributed by atoms with van der Waals surface area (Å²) in [5.74, 6) is -0.425. The molecular formula is C9H8Br2O3. The SMILES string of the molecule is O=C1OC(=O)C2C3CC(C(Br)C3Br)C12. The first-order valence-corrected chi connectivity index (χ1v) is 6.48. The molecule has 6 unspecified atom stereocenters. The predicted molar refractivity (Wildman–Crippen MR) is 55.1 cm³/mol. The van der Waals surface area contributed by atoms with Gasteiger partial charge < -0.3 is 4.74 Å². The molecule has 1 aliphatic heterocycles. The molecular weight excluding hydrogens is 316 g/mol. The lowest BCUT2D eigenvalue weighted by atomic mass is 9.81. The van der Waals surface area contributed by atoms with Gasteiger partial charge in [0.2, 0.25) is 0 Å². The molecule has 3 nitrogen and oxygen atoms in total. The van der Waals surface area contributed by atoms with Crippen LogP contribution in [0.5, 0.6) is 0 Å². The fourth-order valence-electron chi connectivity index (χ4n) is 3.15. The summed E-state index contributed by atoms with van der Waals surface area (Å²) < 4.78 is 4.69. The van der Waals surface area contributed by atoms with Crippen LogP contribution in [0.1, 0.15) is 6.42 Å². The lowest BCUT2D eigenvalue weighted by Gasteiger charge is -2.27. The van der Waals surface area contributed by atoms with E-state index in [1.807, 2.05) is 0 Å². The summed E-state index contributed by atoms with van der Waals surface area (Å²) in [7, 11) is 0. The number of carbonyl (C=O) groups excluding carboxylic acids is 2. The van der Waals surface area contributed by atoms with Gasteiger partial charge in [-0.1, -0.05) is 31.9 Å². The van der Waals surface area contributed by atoms with Crippen molar-refractivity contribution in [3.8, 4) is 0 Å². The lowest BCUT2D eigenvalue weighted by molar-refractivity contribution is -0.154. The van der Waals surface area contributed by atoms with E-state index in [0.717, 1.165) is 6.42 Å². The van der Waals surface area contributed by atoms with Crippen molar-refractivity contribution >= 4 is 43.8 Å². The fraction of sp³-hybridized carbons (Fsp3) is 0.778. The number of hydrogen-bond donors (Lipinski definition) is 0. The highest BCUT2D eigenvalue weighted by Gasteiger charge is 2.65. The molecule has 5 heteroatoms. The molecule has 3 rings (SSSR count). The first kappa shape index (κ1) is 9.33. The molecule has 0 aromatic carbocycles. The molecule has 0 aromatic heterocycles. The van der Waals surface area contributed by atoms with Gasteiger partial charge in [-0.15, -0.1) is 0 Å². The van der Waals surface area contributed by atoms with Crippen molar-refractivity contribution in [2.24, 2.45) is 23.7 Å². The molecule has 1 heterocycles. The Kier molecular flexibility index (Phi) is 1.88. The summed E-state index contributed by atoms with van der Waals surface area (Å²) in [6.07, 6.45) is 0.960. The van der Waals surface area contributed by atoms with E-state index in [4.69, 9.17) is 0 Å². The number of ether oxygens (including phenoxy) is 1. The minimum Gasteiger partial charge on any atom is -0.393 e. The minimum absolute atomic E-state index is 0.175. The Bertz CT molecular complexity index is 300. The number of halogens is 2. The highest BCUT2D eigenvalue weighted by atomic mass is 79.9. The maximum Gasteiger partial charge on any atom is 0.317 e. The number of rotatable bonds is 0. The van der Waals surface area contributed by atoms with E-state index >= 15 is 0 Å². The Hall–Kier alpha value is 0.1000. The molecule has 2 saturated carbocycles. The Morgan fingerprint density at radius 2 is 1.43 bits per heavy atom. The molecule has 76 valence electrons. The largest absolute Gasteiger partial charge is 0.393 e. The van der Waals surface area contributed by atoms with Gasteiger partial charge in [-0.25, -0.2) is 0 Å². The second-order valence-corrected chi connectivity index (χ2v) is 6.36. The summed E-state index contributed by atoms with van der Waals surface area (Å²) in [6, 6.07) is 0. The van der Waals surface area contributed by atoms with Crippen molar-refractivity contribution in [1.29, 1.82) is 0 Å². The standard InChI is InChI=1S/C9H8Br2O3/c10-6-2-1-3(7(6)11)5-4(2)8(12)14-9(5)13/h2-7H,1H2. The topological polar surface area (TPSA) is 43.4 Å². The zero-order valence-corrected chi connectivity index (χ0v) is 10.3. The second-order valence-electron chi connectivity index (χ2n) is 4.24. The van der Waals surface area contributed by atoms with E-state index < -0.39 is 0 Å². The van der Waals surface area contributed by atoms with Crippen LogP contribution in [-0.4, -0.2) is 21.6 Å². The van der Waals surface area contributed by atoms with Crippen molar-refractivity contribution in [3.63, 3.8) is 0 Å². The minimum atomic E-state index is -0.309. The molecule has 0 spiro atoms. The van der Waals surface area contributed by atoms with Crippen molar-refractivity contribution in [2.75, 3.05) is 0 Å². The van der Waals surface area contributed by atoms with Crippen LogP contribution in [0, 0.1) is 23.7 Å². The number of carbonyl (C=O) groups is 2. The third-order valence-corrected chi connectivity index (χ3v) is 6.93. The molecule has 6 atom stereocenters. The molecule has 0 amide bonds. The number of fused-ring (bicyclic) bond motifs is 5. The van der Waals surface area contributed by atoms with E-state index in [-0.39, 0.29) is 35.6 Å². The van der Waals surface area contributed by atoms with E-state index in [1.54, 1.807) is 0 Å². The molecule has 0 N–H and O–H groups in total. The molecule has 3 fully saturated rings. The zero-order valence-electron chi connectivity index (χ0n) is 7.15. The van der Waals surface area contributed by atoms with Crippen LogP contribution in [0.4, 0.5) is 0 Å². The molecule has 2 aliphatic carbocycles. The normalized spacial score (nSPS) is 55.0. The summed E-state index contributed by atoms with van der Waals surface area (Å²) in [5, 5.41) is 0. The predicted octanol–water partition coefficient (Wildman–Crippen LogP) is 1.48. The van der Waals surface area contributed by atoms with Gasteiger partial charge in [0.25, 0.3) is 0 Å². The Morgan fingerprint density at radius 1 is 1.00 bits per heavy atom. The maximum absolute atomic E-state index is 11.4. The first-order chi connectivity index (χ1) is 6.61. The number of cyclic esters (lactones) is 2. The smallest absolute Gasteiger partial charge is 0.317 e. The molecule has 0 aromatic rings. The lowest BCUT2D eigenvalue weighted by Crippen LogP contribution is -2.37. The van der Waals surface area contributed by atoms with E-state index in [1.165, 1.54) is 0 Å². The van der Waals surface area contributed by atoms with Crippen LogP contribution in [0.25, 0.3) is 0 Å². The van der Waals surface area contributed by atoms with Crippen LogP contribution in [0.15, 0.2) is 0 Å². The molecule has 2 bridgehead atoms. The molecule has 3 aliphatic rings. The van der Waals surface area contributed by atoms with Crippen molar-refractivity contribution in [2.45, 2.75) is 16.1 Å². The third kappa shape index (κ3) is 0.927. The number of esters is 2. The van der Waals surface area contributed by atoms with Gasteiger partial charge in [0.1, 0.15) is 0 Å². The van der Waals surface area contributed by atoms with Gasteiger partial charge in [0, 0.05) is 9.65 Å². The Morgan fingerprint density at radius 3 is 1.86 bits per heavy atom. The zero-order chi connectivity index (χ0) is 10.0. The van der Waals surface area contributed by atoms with E-state index in [0.29, 0.717) is 9.65 Å². The molecule has 0 radical (unpaired) electrons. The van der Waals surface area contributed by atoms with Gasteiger partial charge in [-0.2, -0.15) is 0 Å². The van der Waals surface area contributed by atoms with Crippen LogP contribution >= 0.6 is 31.9 Å². The molecule has 14 heavy (non-hydrogen) atoms. The summed E-state index contributed by atoms with van der Waals surface area (Å²) in [4.78, 5) is 23.5.